The van der Waals surface area contributed by atoms with E-state index in [0.717, 1.165) is 0 Å². The van der Waals surface area contributed by atoms with Crippen molar-refractivity contribution in [3.05, 3.63) is 29.3 Å². The average Bonchev–Trinajstić information content (AvgIpc) is 2.20. The maximum absolute atomic E-state index is 10.9. The number of carbonyl (C=O) groups is 1. The summed E-state index contributed by atoms with van der Waals surface area (Å²) in [5.41, 5.74) is 1.87. The SMILES string of the molecule is Cc1cc(NC(C)C(=O)O)ccc1CP(=O)(O)O.Cl. The number of carboxylic acids is 1. The van der Waals surface area contributed by atoms with Crippen LogP contribution in [-0.4, -0.2) is 26.9 Å². The number of rotatable bonds is 5. The molecule has 0 amide bonds. The summed E-state index contributed by atoms with van der Waals surface area (Å²) >= 11 is 0. The van der Waals surface area contributed by atoms with Crippen LogP contribution in [0.5, 0.6) is 0 Å². The molecule has 108 valence electrons. The van der Waals surface area contributed by atoms with Crippen LogP contribution in [0, 0.1) is 6.92 Å². The van der Waals surface area contributed by atoms with E-state index in [0.29, 0.717) is 16.8 Å². The lowest BCUT2D eigenvalue weighted by molar-refractivity contribution is -0.137. The van der Waals surface area contributed by atoms with Gasteiger partial charge in [-0.1, -0.05) is 6.07 Å². The van der Waals surface area contributed by atoms with Gasteiger partial charge < -0.3 is 20.2 Å². The maximum atomic E-state index is 10.9. The number of aliphatic carboxylic acids is 1. The Morgan fingerprint density at radius 1 is 1.42 bits per heavy atom. The quantitative estimate of drug-likeness (QED) is 0.620. The second-order valence-corrected chi connectivity index (χ2v) is 5.81. The van der Waals surface area contributed by atoms with Crippen LogP contribution in [0.15, 0.2) is 18.2 Å². The summed E-state index contributed by atoms with van der Waals surface area (Å²) in [4.78, 5) is 28.5. The molecule has 0 aliphatic heterocycles. The van der Waals surface area contributed by atoms with Crippen molar-refractivity contribution >= 4 is 31.7 Å². The summed E-state index contributed by atoms with van der Waals surface area (Å²) in [6, 6.07) is 4.14. The zero-order chi connectivity index (χ0) is 13.9. The predicted octanol–water partition coefficient (Wildman–Crippen LogP) is 1.98. The average molecular weight is 310 g/mol. The summed E-state index contributed by atoms with van der Waals surface area (Å²) in [5, 5.41) is 11.5. The van der Waals surface area contributed by atoms with Crippen molar-refractivity contribution in [1.29, 1.82) is 0 Å². The van der Waals surface area contributed by atoms with Crippen LogP contribution >= 0.6 is 20.0 Å². The molecule has 1 aromatic carbocycles. The molecule has 0 spiro atoms. The van der Waals surface area contributed by atoms with Crippen LogP contribution in [-0.2, 0) is 15.5 Å². The molecule has 0 aliphatic rings. The van der Waals surface area contributed by atoms with E-state index in [9.17, 15) is 9.36 Å². The Balaban J connectivity index is 0.00000324. The predicted molar refractivity (Wildman–Crippen MR) is 74.9 cm³/mol. The molecular formula is C11H17ClNO5P. The van der Waals surface area contributed by atoms with Crippen LogP contribution in [0.2, 0.25) is 0 Å². The molecule has 0 fully saturated rings. The second kappa shape index (κ2) is 6.91. The number of carboxylic acid groups (broad SMARTS) is 1. The molecule has 0 radical (unpaired) electrons. The lowest BCUT2D eigenvalue weighted by Gasteiger charge is -2.13. The first kappa shape index (κ1) is 17.9. The van der Waals surface area contributed by atoms with E-state index < -0.39 is 19.6 Å². The molecule has 1 aromatic rings. The smallest absolute Gasteiger partial charge is 0.329 e. The number of halogens is 1. The Labute approximate surface area is 117 Å². The Morgan fingerprint density at radius 3 is 2.42 bits per heavy atom. The Bertz CT molecular complexity index is 502. The first-order valence-electron chi connectivity index (χ1n) is 5.32. The van der Waals surface area contributed by atoms with Gasteiger partial charge in [-0.25, -0.2) is 0 Å². The highest BCUT2D eigenvalue weighted by molar-refractivity contribution is 7.50. The molecular weight excluding hydrogens is 293 g/mol. The van der Waals surface area contributed by atoms with Gasteiger partial charge in [-0.2, -0.15) is 0 Å². The largest absolute Gasteiger partial charge is 0.480 e. The third kappa shape index (κ3) is 6.07. The van der Waals surface area contributed by atoms with E-state index in [2.05, 4.69) is 5.32 Å². The number of benzene rings is 1. The molecule has 4 N–H and O–H groups in total. The Hall–Kier alpha value is -1.07. The Morgan fingerprint density at radius 2 is 2.00 bits per heavy atom. The fourth-order valence-corrected chi connectivity index (χ4v) is 2.30. The van der Waals surface area contributed by atoms with Crippen LogP contribution in [0.1, 0.15) is 18.1 Å². The van der Waals surface area contributed by atoms with Gasteiger partial charge in [0, 0.05) is 5.69 Å². The van der Waals surface area contributed by atoms with E-state index in [-0.39, 0.29) is 18.6 Å². The molecule has 19 heavy (non-hydrogen) atoms. The molecule has 1 unspecified atom stereocenters. The van der Waals surface area contributed by atoms with Crippen molar-refractivity contribution < 1.29 is 24.3 Å². The van der Waals surface area contributed by atoms with Gasteiger partial charge in [0.15, 0.2) is 0 Å². The molecule has 8 heteroatoms. The zero-order valence-electron chi connectivity index (χ0n) is 10.5. The van der Waals surface area contributed by atoms with Gasteiger partial charge in [-0.15, -0.1) is 12.4 Å². The van der Waals surface area contributed by atoms with E-state index in [1.807, 2.05) is 0 Å². The Kier molecular flexibility index (Phi) is 6.52. The van der Waals surface area contributed by atoms with Gasteiger partial charge in [0.25, 0.3) is 0 Å². The van der Waals surface area contributed by atoms with E-state index in [1.54, 1.807) is 25.1 Å². The summed E-state index contributed by atoms with van der Waals surface area (Å²) in [5.74, 6) is -0.966. The fourth-order valence-electron chi connectivity index (χ4n) is 1.50. The highest BCUT2D eigenvalue weighted by Crippen LogP contribution is 2.40. The zero-order valence-corrected chi connectivity index (χ0v) is 12.2. The van der Waals surface area contributed by atoms with Crippen LogP contribution in [0.4, 0.5) is 5.69 Å². The molecule has 0 aliphatic carbocycles. The second-order valence-electron chi connectivity index (χ2n) is 4.17. The molecule has 6 nitrogen and oxygen atoms in total. The van der Waals surface area contributed by atoms with Crippen LogP contribution in [0.25, 0.3) is 0 Å². The van der Waals surface area contributed by atoms with Crippen molar-refractivity contribution in [2.45, 2.75) is 26.1 Å². The minimum atomic E-state index is -4.09. The third-order valence-corrected chi connectivity index (χ3v) is 3.23. The van der Waals surface area contributed by atoms with Gasteiger partial charge in [0.2, 0.25) is 0 Å². The summed E-state index contributed by atoms with van der Waals surface area (Å²) in [7, 11) is -4.09. The van der Waals surface area contributed by atoms with E-state index in [1.165, 1.54) is 6.92 Å². The van der Waals surface area contributed by atoms with Crippen molar-refractivity contribution in [1.82, 2.24) is 0 Å². The van der Waals surface area contributed by atoms with Gasteiger partial charge in [-0.05, 0) is 37.1 Å². The number of hydrogen-bond acceptors (Lipinski definition) is 3. The van der Waals surface area contributed by atoms with E-state index >= 15 is 0 Å². The maximum Gasteiger partial charge on any atom is 0.329 e. The molecule has 0 bridgehead atoms. The molecule has 0 saturated heterocycles. The normalized spacial score (nSPS) is 12.4. The fraction of sp³-hybridized carbons (Fsp3) is 0.364. The number of nitrogens with one attached hydrogen (secondary N) is 1. The van der Waals surface area contributed by atoms with Gasteiger partial charge >= 0.3 is 13.6 Å². The summed E-state index contributed by atoms with van der Waals surface area (Å²) in [6.45, 7) is 3.24. The molecule has 1 rings (SSSR count). The molecule has 0 saturated carbocycles. The first-order valence-corrected chi connectivity index (χ1v) is 7.12. The standard InChI is InChI=1S/C11H16NO5P.ClH/c1-7-5-10(12-8(2)11(13)14)4-3-9(7)6-18(15,16)17;/h3-5,8,12H,6H2,1-2H3,(H,13,14)(H2,15,16,17);1H. The molecule has 1 atom stereocenters. The van der Waals surface area contributed by atoms with Crippen molar-refractivity contribution in [3.63, 3.8) is 0 Å². The van der Waals surface area contributed by atoms with E-state index in [4.69, 9.17) is 14.9 Å². The number of hydrogen-bond donors (Lipinski definition) is 4. The number of aryl methyl sites for hydroxylation is 1. The van der Waals surface area contributed by atoms with Gasteiger partial charge in [0.1, 0.15) is 6.04 Å². The van der Waals surface area contributed by atoms with Crippen molar-refractivity contribution in [3.8, 4) is 0 Å². The summed E-state index contributed by atoms with van der Waals surface area (Å²) in [6.07, 6.45) is -0.312. The summed E-state index contributed by atoms with van der Waals surface area (Å²) < 4.78 is 10.9. The molecule has 0 aromatic heterocycles. The monoisotopic (exact) mass is 309 g/mol. The highest BCUT2D eigenvalue weighted by Gasteiger charge is 2.16. The minimum absolute atomic E-state index is 0. The van der Waals surface area contributed by atoms with Crippen molar-refractivity contribution in [2.24, 2.45) is 0 Å². The lowest BCUT2D eigenvalue weighted by atomic mass is 10.1. The first-order chi connectivity index (χ1) is 8.19. The van der Waals surface area contributed by atoms with Crippen molar-refractivity contribution in [2.75, 3.05) is 5.32 Å². The van der Waals surface area contributed by atoms with Gasteiger partial charge in [0.05, 0.1) is 6.16 Å². The lowest BCUT2D eigenvalue weighted by Crippen LogP contribution is -2.25. The third-order valence-electron chi connectivity index (χ3n) is 2.47. The topological polar surface area (TPSA) is 107 Å². The van der Waals surface area contributed by atoms with Crippen LogP contribution < -0.4 is 5.32 Å². The molecule has 0 heterocycles. The van der Waals surface area contributed by atoms with Gasteiger partial charge in [-0.3, -0.25) is 9.36 Å². The minimum Gasteiger partial charge on any atom is -0.480 e. The number of anilines is 1. The highest BCUT2D eigenvalue weighted by atomic mass is 35.5. The van der Waals surface area contributed by atoms with Crippen LogP contribution in [0.3, 0.4) is 0 Å².